The summed E-state index contributed by atoms with van der Waals surface area (Å²) in [6.07, 6.45) is 0. The van der Waals surface area contributed by atoms with Crippen molar-refractivity contribution in [1.82, 2.24) is 0 Å². The topological polar surface area (TPSA) is 99.8 Å². The van der Waals surface area contributed by atoms with Gasteiger partial charge in [-0.3, -0.25) is 4.79 Å². The lowest BCUT2D eigenvalue weighted by Gasteiger charge is -2.07. The van der Waals surface area contributed by atoms with Crippen LogP contribution in [-0.2, 0) is 0 Å². The van der Waals surface area contributed by atoms with Crippen molar-refractivity contribution in [3.63, 3.8) is 0 Å². The lowest BCUT2D eigenvalue weighted by atomic mass is 10.1. The second-order valence-corrected chi connectivity index (χ2v) is 7.36. The molecule has 2 aromatic heterocycles. The minimum absolute atomic E-state index is 0.0311. The third-order valence-electron chi connectivity index (χ3n) is 4.52. The van der Waals surface area contributed by atoms with Crippen LogP contribution in [0.25, 0.3) is 21.4 Å². The Kier molecular flexibility index (Phi) is 4.75. The van der Waals surface area contributed by atoms with Crippen molar-refractivity contribution in [2.45, 2.75) is 6.92 Å². The zero-order chi connectivity index (χ0) is 21.6. The van der Waals surface area contributed by atoms with Crippen molar-refractivity contribution in [2.75, 3.05) is 5.32 Å². The highest BCUT2D eigenvalue weighted by Crippen LogP contribution is 2.38. The molecule has 0 aliphatic rings. The van der Waals surface area contributed by atoms with Gasteiger partial charge in [0.15, 0.2) is 28.7 Å². The number of hydrogen-bond acceptors (Lipinski definition) is 5. The summed E-state index contributed by atoms with van der Waals surface area (Å²) < 4.78 is 33.7. The molecule has 6 nitrogen and oxygen atoms in total. The Bertz CT molecular complexity index is 1320. The number of aromatic carboxylic acids is 1. The first-order chi connectivity index (χ1) is 14.3. The van der Waals surface area contributed by atoms with Crippen LogP contribution in [0.2, 0.25) is 0 Å². The second-order valence-electron chi connectivity index (χ2n) is 6.48. The number of amides is 1. The van der Waals surface area contributed by atoms with Crippen LogP contribution in [0.5, 0.6) is 5.75 Å². The van der Waals surface area contributed by atoms with Gasteiger partial charge in [-0.15, -0.1) is 11.3 Å². The van der Waals surface area contributed by atoms with Crippen molar-refractivity contribution in [1.29, 1.82) is 0 Å². The van der Waals surface area contributed by atoms with E-state index in [0.717, 1.165) is 11.3 Å². The Morgan fingerprint density at radius 3 is 2.60 bits per heavy atom. The largest absolute Gasteiger partial charge is 0.504 e. The molecule has 9 heteroatoms. The van der Waals surface area contributed by atoms with Crippen LogP contribution in [0.4, 0.5) is 14.5 Å². The fraction of sp³-hybridized carbons (Fsp3) is 0.0476. The van der Waals surface area contributed by atoms with Gasteiger partial charge in [0.2, 0.25) is 0 Å². The molecule has 1 amide bonds. The maximum Gasteiger partial charge on any atom is 0.339 e. The zero-order valence-corrected chi connectivity index (χ0v) is 16.1. The molecule has 4 rings (SSSR count). The van der Waals surface area contributed by atoms with E-state index < -0.39 is 23.5 Å². The number of carbonyl (C=O) groups excluding carboxylic acids is 1. The van der Waals surface area contributed by atoms with Crippen LogP contribution >= 0.6 is 11.3 Å². The molecule has 0 unspecified atom stereocenters. The first-order valence-corrected chi connectivity index (χ1v) is 9.48. The van der Waals surface area contributed by atoms with Crippen LogP contribution in [0, 0.1) is 18.6 Å². The lowest BCUT2D eigenvalue weighted by molar-refractivity contribution is 0.0699. The predicted molar refractivity (Wildman–Crippen MR) is 107 cm³/mol. The van der Waals surface area contributed by atoms with Crippen LogP contribution in [-0.4, -0.2) is 22.1 Å². The van der Waals surface area contributed by atoms with Crippen molar-refractivity contribution >= 4 is 39.9 Å². The van der Waals surface area contributed by atoms with Gasteiger partial charge in [0, 0.05) is 16.3 Å². The number of para-hydroxylation sites is 1. The number of aromatic hydroxyl groups is 1. The summed E-state index contributed by atoms with van der Waals surface area (Å²) >= 11 is 0.858. The summed E-state index contributed by atoms with van der Waals surface area (Å²) in [5.41, 5.74) is -0.461. The molecule has 0 saturated carbocycles. The fourth-order valence-electron chi connectivity index (χ4n) is 3.03. The van der Waals surface area contributed by atoms with Crippen LogP contribution in [0.1, 0.15) is 26.5 Å². The highest BCUT2D eigenvalue weighted by Gasteiger charge is 2.25. The number of fused-ring (bicyclic) bond motifs is 1. The van der Waals surface area contributed by atoms with E-state index in [9.17, 15) is 28.6 Å². The molecule has 0 atom stereocenters. The molecule has 152 valence electrons. The summed E-state index contributed by atoms with van der Waals surface area (Å²) in [6.45, 7) is 1.39. The third kappa shape index (κ3) is 3.18. The number of benzene rings is 2. The number of hydrogen-bond donors (Lipinski definition) is 3. The molecule has 0 aliphatic carbocycles. The number of carboxylic acid groups (broad SMARTS) is 1. The van der Waals surface area contributed by atoms with Crippen molar-refractivity contribution in [3.8, 4) is 16.2 Å². The normalized spacial score (nSPS) is 11.0. The van der Waals surface area contributed by atoms with E-state index >= 15 is 0 Å². The third-order valence-corrected chi connectivity index (χ3v) is 5.53. The summed E-state index contributed by atoms with van der Waals surface area (Å²) in [7, 11) is 0. The molecule has 2 heterocycles. The summed E-state index contributed by atoms with van der Waals surface area (Å²) in [5.74, 6) is -4.69. The molecule has 0 fully saturated rings. The van der Waals surface area contributed by atoms with E-state index in [-0.39, 0.29) is 44.3 Å². The van der Waals surface area contributed by atoms with Crippen molar-refractivity contribution in [2.24, 2.45) is 0 Å². The molecule has 0 bridgehead atoms. The number of nitrogens with one attached hydrogen (secondary N) is 1. The Morgan fingerprint density at radius 1 is 1.13 bits per heavy atom. The minimum atomic E-state index is -1.41. The second kappa shape index (κ2) is 7.27. The van der Waals surface area contributed by atoms with Gasteiger partial charge in [-0.05, 0) is 24.6 Å². The van der Waals surface area contributed by atoms with E-state index in [1.807, 2.05) is 0 Å². The number of halogens is 2. The van der Waals surface area contributed by atoms with E-state index in [4.69, 9.17) is 4.42 Å². The molecule has 4 aromatic rings. The lowest BCUT2D eigenvalue weighted by Crippen LogP contribution is -2.13. The number of phenolic OH excluding ortho intramolecular Hbond substituents is 1. The molecular weight excluding hydrogens is 416 g/mol. The maximum atomic E-state index is 14.4. The van der Waals surface area contributed by atoms with Gasteiger partial charge in [-0.1, -0.05) is 24.3 Å². The molecule has 0 saturated heterocycles. The molecule has 3 N–H and O–H groups in total. The summed E-state index contributed by atoms with van der Waals surface area (Å²) in [4.78, 5) is 24.4. The maximum absolute atomic E-state index is 14.4. The van der Waals surface area contributed by atoms with Crippen LogP contribution in [0.15, 0.2) is 46.2 Å². The van der Waals surface area contributed by atoms with Gasteiger partial charge < -0.3 is 19.9 Å². The van der Waals surface area contributed by atoms with Gasteiger partial charge in [0.1, 0.15) is 5.56 Å². The van der Waals surface area contributed by atoms with Crippen LogP contribution in [0.3, 0.4) is 0 Å². The van der Waals surface area contributed by atoms with Gasteiger partial charge in [-0.2, -0.15) is 0 Å². The highest BCUT2D eigenvalue weighted by atomic mass is 32.1. The standard InChI is InChI=1S/C21H13F2NO5S/c1-9-5-6-11(17(23)16(9)22)19-15(21(27)28)12(8-30-19)24-20(26)14-7-10-3-2-4-13(25)18(10)29-14/h2-8,25H,1H3,(H,24,26)(H,27,28). The molecule has 30 heavy (non-hydrogen) atoms. The average molecular weight is 429 g/mol. The Morgan fingerprint density at radius 2 is 1.90 bits per heavy atom. The quantitative estimate of drug-likeness (QED) is 0.403. The summed E-state index contributed by atoms with van der Waals surface area (Å²) in [5, 5.41) is 23.7. The molecule has 0 radical (unpaired) electrons. The number of anilines is 1. The number of rotatable bonds is 4. The van der Waals surface area contributed by atoms with E-state index in [1.54, 1.807) is 12.1 Å². The Labute approximate surface area is 172 Å². The van der Waals surface area contributed by atoms with Gasteiger partial charge in [0.05, 0.1) is 10.6 Å². The Balaban J connectivity index is 1.73. The molecular formula is C21H13F2NO5S. The van der Waals surface area contributed by atoms with Crippen molar-refractivity contribution < 1.29 is 33.0 Å². The molecule has 2 aromatic carbocycles. The van der Waals surface area contributed by atoms with Gasteiger partial charge in [0.25, 0.3) is 5.91 Å². The fourth-order valence-corrected chi connectivity index (χ4v) is 4.04. The molecule has 0 aliphatic heterocycles. The number of carbonyl (C=O) groups is 2. The number of carboxylic acids is 1. The SMILES string of the molecule is Cc1ccc(-c2scc(NC(=O)c3cc4cccc(O)c4o3)c2C(=O)O)c(F)c1F. The number of furan rings is 1. The first kappa shape index (κ1) is 19.6. The number of aryl methyl sites for hydroxylation is 1. The smallest absolute Gasteiger partial charge is 0.339 e. The number of phenols is 1. The Hall–Kier alpha value is -3.72. The van der Waals surface area contributed by atoms with E-state index in [1.165, 1.54) is 36.6 Å². The first-order valence-electron chi connectivity index (χ1n) is 8.60. The average Bonchev–Trinajstić information content (AvgIpc) is 3.31. The predicted octanol–water partition coefficient (Wildman–Crippen LogP) is 5.40. The van der Waals surface area contributed by atoms with Gasteiger partial charge >= 0.3 is 5.97 Å². The van der Waals surface area contributed by atoms with E-state index in [0.29, 0.717) is 5.39 Å². The van der Waals surface area contributed by atoms with Crippen molar-refractivity contribution in [3.05, 3.63) is 70.3 Å². The molecule has 0 spiro atoms. The van der Waals surface area contributed by atoms with Crippen LogP contribution < -0.4 is 5.32 Å². The zero-order valence-electron chi connectivity index (χ0n) is 15.3. The summed E-state index contributed by atoms with van der Waals surface area (Å²) in [6, 6.07) is 8.65. The van der Waals surface area contributed by atoms with E-state index in [2.05, 4.69) is 5.32 Å². The number of thiophene rings is 1. The monoisotopic (exact) mass is 429 g/mol. The van der Waals surface area contributed by atoms with Gasteiger partial charge in [-0.25, -0.2) is 13.6 Å². The highest BCUT2D eigenvalue weighted by molar-refractivity contribution is 7.14. The minimum Gasteiger partial charge on any atom is -0.504 e.